The zero-order valence-electron chi connectivity index (χ0n) is 15.6. The van der Waals surface area contributed by atoms with E-state index in [9.17, 15) is 9.59 Å². The van der Waals surface area contributed by atoms with Gasteiger partial charge in [-0.1, -0.05) is 72.8 Å². The molecule has 0 bridgehead atoms. The molecule has 0 unspecified atom stereocenters. The Morgan fingerprint density at radius 1 is 0.759 bits per heavy atom. The van der Waals surface area contributed by atoms with Crippen LogP contribution in [0.2, 0.25) is 5.02 Å². The molecule has 0 saturated carbocycles. The minimum Gasteiger partial charge on any atom is -0.343 e. The molecule has 29 heavy (non-hydrogen) atoms. The Bertz CT molecular complexity index is 1000. The first-order valence-corrected chi connectivity index (χ1v) is 9.34. The predicted octanol–water partition coefficient (Wildman–Crippen LogP) is 4.03. The fourth-order valence-corrected chi connectivity index (χ4v) is 2.75. The molecule has 0 aliphatic heterocycles. The van der Waals surface area contributed by atoms with Crippen molar-refractivity contribution in [1.82, 2.24) is 16.2 Å². The first kappa shape index (κ1) is 20.2. The lowest BCUT2D eigenvalue weighted by atomic mass is 10.0. The second-order valence-electron chi connectivity index (χ2n) is 6.28. The third kappa shape index (κ3) is 5.70. The lowest BCUT2D eigenvalue weighted by molar-refractivity contribution is -0.120. The summed E-state index contributed by atoms with van der Waals surface area (Å²) in [7, 11) is 0. The second-order valence-corrected chi connectivity index (χ2v) is 6.72. The number of rotatable bonds is 7. The van der Waals surface area contributed by atoms with Gasteiger partial charge >= 0.3 is 0 Å². The van der Waals surface area contributed by atoms with Crippen LogP contribution >= 0.6 is 11.6 Å². The molecule has 0 fully saturated rings. The molecule has 0 aromatic heterocycles. The van der Waals surface area contributed by atoms with Crippen molar-refractivity contribution in [2.45, 2.75) is 0 Å². The van der Waals surface area contributed by atoms with Crippen LogP contribution in [0, 0.1) is 0 Å². The number of nitrogens with one attached hydrogen (secondary N) is 3. The van der Waals surface area contributed by atoms with E-state index < -0.39 is 5.91 Å². The van der Waals surface area contributed by atoms with E-state index in [4.69, 9.17) is 11.6 Å². The smallest absolute Gasteiger partial charge is 0.257 e. The molecule has 0 saturated heterocycles. The SMILES string of the molecule is C=C(NNC(=O)CNC(=O)c1ccc(Cl)cc1)c1ccc(-c2ccccc2)cc1. The van der Waals surface area contributed by atoms with Crippen molar-refractivity contribution in [2.75, 3.05) is 6.54 Å². The van der Waals surface area contributed by atoms with Crippen molar-refractivity contribution in [3.8, 4) is 11.1 Å². The number of carbonyl (C=O) groups excluding carboxylic acids is 2. The molecule has 3 rings (SSSR count). The van der Waals surface area contributed by atoms with E-state index in [1.54, 1.807) is 24.3 Å². The van der Waals surface area contributed by atoms with Crippen molar-refractivity contribution < 1.29 is 9.59 Å². The number of carbonyl (C=O) groups is 2. The molecule has 3 aromatic rings. The Morgan fingerprint density at radius 2 is 1.34 bits per heavy atom. The number of halogens is 1. The van der Waals surface area contributed by atoms with E-state index in [0.29, 0.717) is 16.3 Å². The molecule has 3 aromatic carbocycles. The van der Waals surface area contributed by atoms with Crippen LogP contribution in [0.3, 0.4) is 0 Å². The second kappa shape index (κ2) is 9.57. The summed E-state index contributed by atoms with van der Waals surface area (Å²) in [6.45, 7) is 3.75. The highest BCUT2D eigenvalue weighted by atomic mass is 35.5. The molecule has 5 nitrogen and oxygen atoms in total. The van der Waals surface area contributed by atoms with Gasteiger partial charge in [-0.2, -0.15) is 0 Å². The van der Waals surface area contributed by atoms with E-state index in [1.165, 1.54) is 0 Å². The summed E-state index contributed by atoms with van der Waals surface area (Å²) in [5.41, 5.74) is 9.32. The van der Waals surface area contributed by atoms with Crippen LogP contribution in [0.15, 0.2) is 85.4 Å². The van der Waals surface area contributed by atoms with Gasteiger partial charge in [0.1, 0.15) is 0 Å². The summed E-state index contributed by atoms with van der Waals surface area (Å²) in [4.78, 5) is 24.0. The molecule has 146 valence electrons. The highest BCUT2D eigenvalue weighted by Gasteiger charge is 2.08. The quantitative estimate of drug-likeness (QED) is 0.520. The average molecular weight is 406 g/mol. The maximum atomic E-state index is 12.0. The van der Waals surface area contributed by atoms with Crippen LogP contribution in [0.1, 0.15) is 15.9 Å². The molecule has 6 heteroatoms. The Morgan fingerprint density at radius 3 is 2.00 bits per heavy atom. The van der Waals surface area contributed by atoms with E-state index in [2.05, 4.69) is 22.7 Å². The number of amides is 2. The fraction of sp³-hybridized carbons (Fsp3) is 0.0435. The van der Waals surface area contributed by atoms with Gasteiger partial charge in [-0.15, -0.1) is 0 Å². The van der Waals surface area contributed by atoms with Crippen LogP contribution in [0.5, 0.6) is 0 Å². The minimum absolute atomic E-state index is 0.172. The van der Waals surface area contributed by atoms with Crippen LogP contribution < -0.4 is 16.2 Å². The fourth-order valence-electron chi connectivity index (χ4n) is 2.62. The first-order chi connectivity index (χ1) is 14.0. The Labute approximate surface area is 174 Å². The highest BCUT2D eigenvalue weighted by molar-refractivity contribution is 6.30. The summed E-state index contributed by atoms with van der Waals surface area (Å²) < 4.78 is 0. The van der Waals surface area contributed by atoms with Crippen LogP contribution in [0.4, 0.5) is 0 Å². The summed E-state index contributed by atoms with van der Waals surface area (Å²) in [6, 6.07) is 24.3. The van der Waals surface area contributed by atoms with E-state index in [1.807, 2.05) is 54.6 Å². The summed E-state index contributed by atoms with van der Waals surface area (Å²) in [6.07, 6.45) is 0. The van der Waals surface area contributed by atoms with Crippen molar-refractivity contribution in [3.05, 3.63) is 102 Å². The lowest BCUT2D eigenvalue weighted by Crippen LogP contribution is -2.42. The zero-order valence-corrected chi connectivity index (χ0v) is 16.4. The Hall–Kier alpha value is -3.57. The maximum Gasteiger partial charge on any atom is 0.257 e. The molecule has 0 heterocycles. The molecule has 0 spiro atoms. The third-order valence-electron chi connectivity index (χ3n) is 4.21. The summed E-state index contributed by atoms with van der Waals surface area (Å²) in [5.74, 6) is -0.749. The molecular formula is C23H20ClN3O2. The number of hydrogen-bond acceptors (Lipinski definition) is 3. The van der Waals surface area contributed by atoms with E-state index >= 15 is 0 Å². The van der Waals surface area contributed by atoms with Gasteiger partial charge in [0.05, 0.1) is 12.2 Å². The Kier molecular flexibility index (Phi) is 6.66. The Balaban J connectivity index is 1.46. The van der Waals surface area contributed by atoms with Gasteiger partial charge in [0.15, 0.2) is 0 Å². The van der Waals surface area contributed by atoms with Gasteiger partial charge in [-0.05, 0) is 41.0 Å². The van der Waals surface area contributed by atoms with Gasteiger partial charge in [-0.25, -0.2) is 0 Å². The van der Waals surface area contributed by atoms with Crippen molar-refractivity contribution in [1.29, 1.82) is 0 Å². The van der Waals surface area contributed by atoms with Crippen LogP contribution in [-0.4, -0.2) is 18.4 Å². The predicted molar refractivity (Wildman–Crippen MR) is 116 cm³/mol. The standard InChI is InChI=1S/C23H20ClN3O2/c1-16(17-7-9-19(10-8-17)18-5-3-2-4-6-18)26-27-22(28)15-25-23(29)20-11-13-21(24)14-12-20/h2-14,26H,1,15H2,(H,25,29)(H,27,28). The molecule has 3 N–H and O–H groups in total. The van der Waals surface area contributed by atoms with E-state index in [0.717, 1.165) is 16.7 Å². The monoisotopic (exact) mass is 405 g/mol. The highest BCUT2D eigenvalue weighted by Crippen LogP contribution is 2.20. The molecule has 0 aliphatic rings. The van der Waals surface area contributed by atoms with Gasteiger partial charge in [0, 0.05) is 10.6 Å². The van der Waals surface area contributed by atoms with Crippen LogP contribution in [-0.2, 0) is 4.79 Å². The molecule has 0 radical (unpaired) electrons. The van der Waals surface area contributed by atoms with Gasteiger partial charge < -0.3 is 5.32 Å². The molecule has 0 aliphatic carbocycles. The number of hydrogen-bond donors (Lipinski definition) is 3. The molecular weight excluding hydrogens is 386 g/mol. The lowest BCUT2D eigenvalue weighted by Gasteiger charge is -2.12. The zero-order chi connectivity index (χ0) is 20.6. The normalized spacial score (nSPS) is 10.1. The molecule has 0 atom stereocenters. The number of benzene rings is 3. The summed E-state index contributed by atoms with van der Waals surface area (Å²) >= 11 is 5.79. The minimum atomic E-state index is -0.394. The largest absolute Gasteiger partial charge is 0.343 e. The maximum absolute atomic E-state index is 12.0. The average Bonchev–Trinajstić information content (AvgIpc) is 2.77. The number of hydrazine groups is 1. The third-order valence-corrected chi connectivity index (χ3v) is 4.46. The van der Waals surface area contributed by atoms with Crippen molar-refractivity contribution in [2.24, 2.45) is 0 Å². The van der Waals surface area contributed by atoms with Gasteiger partial charge in [-0.3, -0.25) is 20.4 Å². The van der Waals surface area contributed by atoms with Crippen molar-refractivity contribution in [3.63, 3.8) is 0 Å². The van der Waals surface area contributed by atoms with Crippen LogP contribution in [0.25, 0.3) is 16.8 Å². The van der Waals surface area contributed by atoms with Gasteiger partial charge in [0.25, 0.3) is 11.8 Å². The van der Waals surface area contributed by atoms with E-state index in [-0.39, 0.29) is 12.5 Å². The summed E-state index contributed by atoms with van der Waals surface area (Å²) in [5, 5.41) is 3.08. The molecule has 2 amide bonds. The first-order valence-electron chi connectivity index (χ1n) is 8.96. The van der Waals surface area contributed by atoms with Gasteiger partial charge in [0.2, 0.25) is 0 Å². The topological polar surface area (TPSA) is 70.2 Å². The van der Waals surface area contributed by atoms with Crippen molar-refractivity contribution >= 4 is 29.1 Å².